The minimum absolute atomic E-state index is 0.0679. The smallest absolute Gasteiger partial charge is 0.305 e. The largest absolute Gasteiger partial charge is 0.493 e. The van der Waals surface area contributed by atoms with Crippen molar-refractivity contribution in [3.63, 3.8) is 0 Å². The van der Waals surface area contributed by atoms with Gasteiger partial charge in [0.15, 0.2) is 11.6 Å². The number of carbonyl (C=O) groups excluding carboxylic acids is 4. The van der Waals surface area contributed by atoms with Crippen LogP contribution in [-0.4, -0.2) is 45.7 Å². The predicted octanol–water partition coefficient (Wildman–Crippen LogP) is 22.2. The number of Topliss-reactive ketones (excluding diaryl/α,β-unsaturated/α-hetero) is 1. The molecule has 2 unspecified atom stereocenters. The standard InChI is InChI=1S/C88H110N4O8/c1-5-7-9-11-13-19-25-35-64(37-27-21-15-17-23-29-39-68(93)58-60-99-69-51-49-67(50-52-69)90-77-54-56-79-84-75(62-81(95)92(79)4)71-41-32-34-43-73(71)88(98)86(77)84)65(36-26-20-14-12-10-8-6-2)38-28-22-16-18-24-30-44-82(96)100-59-57-63-45-47-66(48-46-63)89-76-53-55-78-83-74(61-80(94)91(78)3)70-40-31-33-42-72(70)87(97)85(76)83/h31-34,40-43,45-56,61-62,64-65,89-90H,5-30,35-39,44,57-60H2,1-4H3. The van der Waals surface area contributed by atoms with Gasteiger partial charge in [-0.15, -0.1) is 0 Å². The Balaban J connectivity index is 0.608. The molecule has 0 aliphatic heterocycles. The van der Waals surface area contributed by atoms with Crippen molar-refractivity contribution in [2.24, 2.45) is 25.9 Å². The molecule has 0 amide bonds. The Morgan fingerprint density at radius 2 is 0.790 bits per heavy atom. The summed E-state index contributed by atoms with van der Waals surface area (Å²) >= 11 is 0. The average molecular weight is 1350 g/mol. The van der Waals surface area contributed by atoms with Crippen LogP contribution in [0.4, 0.5) is 22.7 Å². The number of unbranched alkanes of at least 4 members (excludes halogenated alkanes) is 22. The maximum Gasteiger partial charge on any atom is 0.305 e. The number of hydrogen-bond donors (Lipinski definition) is 2. The summed E-state index contributed by atoms with van der Waals surface area (Å²) in [4.78, 5) is 79.7. The normalized spacial score (nSPS) is 12.8. The van der Waals surface area contributed by atoms with Crippen molar-refractivity contribution >= 4 is 67.9 Å². The molecule has 2 aromatic heterocycles. The van der Waals surface area contributed by atoms with E-state index >= 15 is 0 Å². The third-order valence-corrected chi connectivity index (χ3v) is 21.4. The van der Waals surface area contributed by atoms with Crippen LogP contribution < -0.4 is 26.5 Å². The van der Waals surface area contributed by atoms with Crippen LogP contribution in [0.3, 0.4) is 0 Å². The Labute approximate surface area is 594 Å². The van der Waals surface area contributed by atoms with Crippen LogP contribution in [0.15, 0.2) is 143 Å². The van der Waals surface area contributed by atoms with Crippen molar-refractivity contribution < 1.29 is 28.7 Å². The van der Waals surface area contributed by atoms with E-state index in [1.54, 1.807) is 35.4 Å². The first kappa shape index (κ1) is 74.3. The number of carbonyl (C=O) groups is 4. The third-order valence-electron chi connectivity index (χ3n) is 21.4. The van der Waals surface area contributed by atoms with Gasteiger partial charge < -0.3 is 29.2 Å². The maximum absolute atomic E-state index is 14.0. The van der Waals surface area contributed by atoms with Crippen LogP contribution in [-0.2, 0) is 34.8 Å². The van der Waals surface area contributed by atoms with Crippen LogP contribution in [0.1, 0.15) is 263 Å². The number of aryl methyl sites for hydroxylation is 2. The molecule has 0 bridgehead atoms. The van der Waals surface area contributed by atoms with Crippen LogP contribution in [0.2, 0.25) is 0 Å². The first-order valence-corrected chi connectivity index (χ1v) is 38.6. The van der Waals surface area contributed by atoms with E-state index in [2.05, 4.69) is 24.5 Å². The summed E-state index contributed by atoms with van der Waals surface area (Å²) in [5.74, 6) is 2.29. The fourth-order valence-electron chi connectivity index (χ4n) is 15.6. The number of hydrogen-bond acceptors (Lipinski definition) is 10. The Morgan fingerprint density at radius 3 is 1.23 bits per heavy atom. The van der Waals surface area contributed by atoms with E-state index in [4.69, 9.17) is 9.47 Å². The highest BCUT2D eigenvalue weighted by molar-refractivity contribution is 6.29. The van der Waals surface area contributed by atoms with Gasteiger partial charge in [0, 0.05) is 85.2 Å². The number of ether oxygens (including phenoxy) is 2. The van der Waals surface area contributed by atoms with Crippen molar-refractivity contribution in [2.75, 3.05) is 23.8 Å². The fourth-order valence-corrected chi connectivity index (χ4v) is 15.6. The minimum Gasteiger partial charge on any atom is -0.493 e. The second kappa shape index (κ2) is 38.4. The molecule has 0 fully saturated rings. The molecule has 12 nitrogen and oxygen atoms in total. The number of fused-ring (bicyclic) bond motifs is 4. The van der Waals surface area contributed by atoms with E-state index in [-0.39, 0.29) is 34.4 Å². The molecule has 0 saturated heterocycles. The predicted molar refractivity (Wildman–Crippen MR) is 411 cm³/mol. The molecule has 2 heterocycles. The van der Waals surface area contributed by atoms with Gasteiger partial charge in [0.2, 0.25) is 0 Å². The quantitative estimate of drug-likeness (QED) is 0.0278. The number of esters is 1. The first-order valence-electron chi connectivity index (χ1n) is 38.6. The summed E-state index contributed by atoms with van der Waals surface area (Å²) < 4.78 is 14.9. The summed E-state index contributed by atoms with van der Waals surface area (Å²) in [5.41, 5.74) is 10.7. The van der Waals surface area contributed by atoms with Crippen LogP contribution in [0.5, 0.6) is 5.75 Å². The molecule has 2 atom stereocenters. The van der Waals surface area contributed by atoms with Crippen LogP contribution in [0, 0.1) is 11.8 Å². The topological polar surface area (TPSA) is 155 Å². The molecule has 0 radical (unpaired) electrons. The highest BCUT2D eigenvalue weighted by Gasteiger charge is 2.31. The summed E-state index contributed by atoms with van der Waals surface area (Å²) in [6.07, 6.45) is 40.4. The third kappa shape index (κ3) is 20.0. The molecule has 0 spiro atoms. The number of nitrogens with zero attached hydrogens (tertiary/aromatic N) is 2. The van der Waals surface area contributed by atoms with Gasteiger partial charge in [-0.05, 0) is 113 Å². The monoisotopic (exact) mass is 1350 g/mol. The van der Waals surface area contributed by atoms with Gasteiger partial charge in [-0.25, -0.2) is 0 Å². The SMILES string of the molecule is CCCCCCCCCC(CCCCCCCCC(=O)CCOc1ccc(Nc2ccc3c4c(cc(=O)n3C)-c3ccccc3C(=O)c24)cc1)C(CCCCCCCCC)CCCCCCCCC(=O)OCCc1ccc(Nc2ccc3c4c(cc(=O)n3C)-c3ccccc3C(=O)c24)cc1. The maximum atomic E-state index is 14.0. The summed E-state index contributed by atoms with van der Waals surface area (Å²) in [6.45, 7) is 5.28. The Kier molecular flexibility index (Phi) is 28.6. The number of ketones is 3. The number of rotatable bonds is 46. The molecule has 100 heavy (non-hydrogen) atoms. The zero-order valence-electron chi connectivity index (χ0n) is 60.5. The second-order valence-electron chi connectivity index (χ2n) is 28.7. The number of aromatic nitrogens is 2. The van der Waals surface area contributed by atoms with Gasteiger partial charge >= 0.3 is 5.97 Å². The van der Waals surface area contributed by atoms with E-state index in [9.17, 15) is 28.8 Å². The molecule has 530 valence electrons. The number of anilines is 4. The molecule has 2 aliphatic rings. The van der Waals surface area contributed by atoms with Crippen molar-refractivity contribution in [3.05, 3.63) is 182 Å². The Bertz CT molecular complexity index is 3880. The van der Waals surface area contributed by atoms with Gasteiger partial charge in [0.1, 0.15) is 11.5 Å². The molecule has 10 rings (SSSR count). The highest BCUT2D eigenvalue weighted by atomic mass is 16.5. The molecule has 2 aliphatic carbocycles. The van der Waals surface area contributed by atoms with Gasteiger partial charge in [-0.3, -0.25) is 28.8 Å². The minimum atomic E-state index is -0.124. The number of benzene rings is 6. The van der Waals surface area contributed by atoms with E-state index in [1.807, 2.05) is 121 Å². The molecule has 2 N–H and O–H groups in total. The molecule has 0 saturated carbocycles. The summed E-state index contributed by atoms with van der Waals surface area (Å²) in [5, 5.41) is 8.49. The van der Waals surface area contributed by atoms with E-state index in [0.717, 1.165) is 99.4 Å². The van der Waals surface area contributed by atoms with Crippen molar-refractivity contribution in [2.45, 2.75) is 232 Å². The van der Waals surface area contributed by atoms with Gasteiger partial charge in [-0.1, -0.05) is 254 Å². The average Bonchev–Trinajstić information content (AvgIpc) is 0.731. The lowest BCUT2D eigenvalue weighted by Crippen LogP contribution is -2.21. The van der Waals surface area contributed by atoms with Crippen LogP contribution in [0.25, 0.3) is 44.1 Å². The highest BCUT2D eigenvalue weighted by Crippen LogP contribution is 2.44. The first-order chi connectivity index (χ1) is 48.9. The van der Waals surface area contributed by atoms with E-state index in [0.29, 0.717) is 83.8 Å². The number of pyridine rings is 2. The number of nitrogens with one attached hydrogen (secondary N) is 2. The van der Waals surface area contributed by atoms with Crippen molar-refractivity contribution in [3.8, 4) is 28.0 Å². The van der Waals surface area contributed by atoms with E-state index < -0.39 is 0 Å². The lowest BCUT2D eigenvalue weighted by atomic mass is 9.78. The molecule has 12 heteroatoms. The molecular weight excluding hydrogens is 1240 g/mol. The lowest BCUT2D eigenvalue weighted by molar-refractivity contribution is -0.143. The Morgan fingerprint density at radius 1 is 0.400 bits per heavy atom. The summed E-state index contributed by atoms with van der Waals surface area (Å²) in [6, 6.07) is 41.4. The zero-order valence-corrected chi connectivity index (χ0v) is 60.5. The Hall–Kier alpha value is -8.38. The van der Waals surface area contributed by atoms with Crippen LogP contribution >= 0.6 is 0 Å². The molecule has 8 aromatic rings. The van der Waals surface area contributed by atoms with Crippen molar-refractivity contribution in [1.82, 2.24) is 9.13 Å². The van der Waals surface area contributed by atoms with Gasteiger partial charge in [-0.2, -0.15) is 0 Å². The molecular formula is C88H110N4O8. The van der Waals surface area contributed by atoms with Gasteiger partial charge in [0.05, 0.1) is 46.7 Å². The van der Waals surface area contributed by atoms with E-state index in [1.165, 1.54) is 161 Å². The fraction of sp³-hybridized carbons (Fsp3) is 0.477. The zero-order chi connectivity index (χ0) is 70.0. The van der Waals surface area contributed by atoms with Crippen molar-refractivity contribution in [1.29, 1.82) is 0 Å². The summed E-state index contributed by atoms with van der Waals surface area (Å²) in [7, 11) is 3.48. The second-order valence-corrected chi connectivity index (χ2v) is 28.7. The lowest BCUT2D eigenvalue weighted by Gasteiger charge is -2.28. The van der Waals surface area contributed by atoms with Gasteiger partial charge in [0.25, 0.3) is 11.1 Å². The molecule has 6 aromatic carbocycles.